The van der Waals surface area contributed by atoms with Gasteiger partial charge in [0.25, 0.3) is 0 Å². The van der Waals surface area contributed by atoms with Crippen LogP contribution in [0.2, 0.25) is 5.15 Å². The van der Waals surface area contributed by atoms with E-state index in [-0.39, 0.29) is 17.3 Å². The van der Waals surface area contributed by atoms with Crippen LogP contribution < -0.4 is 0 Å². The highest BCUT2D eigenvalue weighted by atomic mass is 35.5. The van der Waals surface area contributed by atoms with E-state index in [1.807, 2.05) is 30.3 Å². The van der Waals surface area contributed by atoms with E-state index < -0.39 is 5.97 Å². The lowest BCUT2D eigenvalue weighted by atomic mass is 10.1. The second-order valence-corrected chi connectivity index (χ2v) is 4.70. The number of rotatable bonds is 3. The molecule has 1 aromatic carbocycles. The first-order valence-electron chi connectivity index (χ1n) is 6.47. The van der Waals surface area contributed by atoms with E-state index in [1.165, 1.54) is 10.9 Å². The third-order valence-electron chi connectivity index (χ3n) is 3.06. The average molecular weight is 302 g/mol. The van der Waals surface area contributed by atoms with Gasteiger partial charge in [-0.05, 0) is 18.4 Å². The second-order valence-electron chi connectivity index (χ2n) is 4.34. The van der Waals surface area contributed by atoms with Crippen LogP contribution in [0, 0.1) is 0 Å². The maximum Gasteiger partial charge on any atom is 0.342 e. The molecule has 5 nitrogen and oxygen atoms in total. The minimum atomic E-state index is -0.492. The lowest BCUT2D eigenvalue weighted by Crippen LogP contribution is -2.05. The molecule has 0 atom stereocenters. The molecule has 6 heteroatoms. The van der Waals surface area contributed by atoms with Gasteiger partial charge in [0, 0.05) is 11.6 Å². The van der Waals surface area contributed by atoms with E-state index in [0.29, 0.717) is 5.82 Å². The molecule has 0 amide bonds. The number of aromatic nitrogens is 3. The van der Waals surface area contributed by atoms with Gasteiger partial charge in [0.15, 0.2) is 5.82 Å². The molecule has 2 aromatic heterocycles. The van der Waals surface area contributed by atoms with Crippen LogP contribution in [0.1, 0.15) is 17.3 Å². The number of nitrogens with zero attached hydrogens (tertiary/aromatic N) is 3. The summed E-state index contributed by atoms with van der Waals surface area (Å²) < 4.78 is 6.39. The summed E-state index contributed by atoms with van der Waals surface area (Å²) in [5.41, 5.74) is 0.230. The van der Waals surface area contributed by atoms with Crippen molar-refractivity contribution in [2.75, 3.05) is 6.61 Å². The molecule has 106 valence electrons. The summed E-state index contributed by atoms with van der Waals surface area (Å²) in [6.07, 6.45) is 3.07. The van der Waals surface area contributed by atoms with Crippen LogP contribution in [-0.2, 0) is 4.74 Å². The van der Waals surface area contributed by atoms with Crippen LogP contribution in [-0.4, -0.2) is 27.3 Å². The number of pyridine rings is 1. The Kier molecular flexibility index (Phi) is 3.58. The normalized spacial score (nSPS) is 10.8. The average Bonchev–Trinajstić information content (AvgIpc) is 2.88. The van der Waals surface area contributed by atoms with Crippen molar-refractivity contribution < 1.29 is 9.53 Å². The predicted octanol–water partition coefficient (Wildman–Crippen LogP) is 3.25. The minimum absolute atomic E-state index is 0.192. The molecule has 0 N–H and O–H groups in total. The molecule has 0 aliphatic heterocycles. The Bertz CT molecular complexity index is 808. The maximum absolute atomic E-state index is 11.8. The van der Waals surface area contributed by atoms with Crippen molar-refractivity contribution in [3.8, 4) is 5.82 Å². The Labute approximate surface area is 126 Å². The maximum atomic E-state index is 11.8. The van der Waals surface area contributed by atoms with Gasteiger partial charge in [-0.2, -0.15) is 5.10 Å². The van der Waals surface area contributed by atoms with Gasteiger partial charge in [0.1, 0.15) is 10.7 Å². The smallest absolute Gasteiger partial charge is 0.342 e. The molecular formula is C15H12ClN3O2. The number of esters is 1. The van der Waals surface area contributed by atoms with Crippen LogP contribution in [0.3, 0.4) is 0 Å². The van der Waals surface area contributed by atoms with Gasteiger partial charge in [-0.3, -0.25) is 0 Å². The van der Waals surface area contributed by atoms with Gasteiger partial charge in [0.2, 0.25) is 0 Å². The zero-order valence-corrected chi connectivity index (χ0v) is 12.0. The summed E-state index contributed by atoms with van der Waals surface area (Å²) in [7, 11) is 0. The van der Waals surface area contributed by atoms with Crippen LogP contribution in [0.5, 0.6) is 0 Å². The van der Waals surface area contributed by atoms with Crippen molar-refractivity contribution in [3.63, 3.8) is 0 Å². The summed E-state index contributed by atoms with van der Waals surface area (Å²) >= 11 is 6.25. The molecule has 0 radical (unpaired) electrons. The zero-order valence-electron chi connectivity index (χ0n) is 11.3. The highest BCUT2D eigenvalue weighted by Gasteiger charge is 2.19. The number of fused-ring (bicyclic) bond motifs is 1. The van der Waals surface area contributed by atoms with E-state index in [9.17, 15) is 4.79 Å². The molecule has 0 saturated heterocycles. The zero-order chi connectivity index (χ0) is 14.8. The van der Waals surface area contributed by atoms with Gasteiger partial charge < -0.3 is 4.74 Å². The molecule has 0 aliphatic carbocycles. The minimum Gasteiger partial charge on any atom is -0.462 e. The van der Waals surface area contributed by atoms with E-state index in [2.05, 4.69) is 10.1 Å². The fourth-order valence-electron chi connectivity index (χ4n) is 2.10. The summed E-state index contributed by atoms with van der Waals surface area (Å²) in [6, 6.07) is 9.67. The van der Waals surface area contributed by atoms with E-state index in [0.717, 1.165) is 10.8 Å². The third kappa shape index (κ3) is 2.36. The Morgan fingerprint density at radius 2 is 2.14 bits per heavy atom. The van der Waals surface area contributed by atoms with Crippen molar-refractivity contribution in [1.82, 2.24) is 14.8 Å². The molecule has 21 heavy (non-hydrogen) atoms. The Morgan fingerprint density at radius 1 is 1.33 bits per heavy atom. The number of carbonyl (C=O) groups excluding carboxylic acids is 1. The molecule has 0 bridgehead atoms. The first kappa shape index (κ1) is 13.6. The van der Waals surface area contributed by atoms with Gasteiger partial charge in [0.05, 0.1) is 12.8 Å². The Morgan fingerprint density at radius 3 is 2.95 bits per heavy atom. The number of carbonyl (C=O) groups is 1. The Hall–Kier alpha value is -2.40. The highest BCUT2D eigenvalue weighted by Crippen LogP contribution is 2.25. The number of hydrogen-bond acceptors (Lipinski definition) is 4. The third-order valence-corrected chi connectivity index (χ3v) is 3.42. The molecule has 0 unspecified atom stereocenters. The second kappa shape index (κ2) is 5.54. The summed E-state index contributed by atoms with van der Waals surface area (Å²) in [6.45, 7) is 2.02. The number of halogens is 1. The lowest BCUT2D eigenvalue weighted by Gasteiger charge is -2.06. The van der Waals surface area contributed by atoms with Gasteiger partial charge in [-0.15, -0.1) is 0 Å². The van der Waals surface area contributed by atoms with Crippen LogP contribution >= 0.6 is 11.6 Å². The Balaban J connectivity index is 2.14. The SMILES string of the molecule is CCOC(=O)c1cnn(-c2nccc3ccccc23)c1Cl. The van der Waals surface area contributed by atoms with Crippen LogP contribution in [0.15, 0.2) is 42.7 Å². The van der Waals surface area contributed by atoms with Crippen molar-refractivity contribution in [2.45, 2.75) is 6.92 Å². The fourth-order valence-corrected chi connectivity index (χ4v) is 2.35. The van der Waals surface area contributed by atoms with Crippen molar-refractivity contribution in [3.05, 3.63) is 53.4 Å². The van der Waals surface area contributed by atoms with Gasteiger partial charge >= 0.3 is 5.97 Å². The molecule has 0 spiro atoms. The summed E-state index contributed by atoms with van der Waals surface area (Å²) in [5.74, 6) is 0.0858. The molecule has 3 aromatic rings. The first-order chi connectivity index (χ1) is 10.2. The quantitative estimate of drug-likeness (QED) is 0.697. The number of ether oxygens (including phenoxy) is 1. The van der Waals surface area contributed by atoms with Crippen molar-refractivity contribution >= 4 is 28.3 Å². The van der Waals surface area contributed by atoms with Crippen LogP contribution in [0.25, 0.3) is 16.6 Å². The van der Waals surface area contributed by atoms with E-state index in [4.69, 9.17) is 16.3 Å². The molecule has 3 rings (SSSR count). The molecule has 2 heterocycles. The predicted molar refractivity (Wildman–Crippen MR) is 79.8 cm³/mol. The number of hydrogen-bond donors (Lipinski definition) is 0. The monoisotopic (exact) mass is 301 g/mol. The van der Waals surface area contributed by atoms with Crippen LogP contribution in [0.4, 0.5) is 0 Å². The molecule has 0 fully saturated rings. The van der Waals surface area contributed by atoms with Crippen molar-refractivity contribution in [2.24, 2.45) is 0 Å². The standard InChI is InChI=1S/C15H12ClN3O2/c1-2-21-15(20)12-9-18-19(13(12)16)14-11-6-4-3-5-10(11)7-8-17-14/h3-9H,2H2,1H3. The molecular weight excluding hydrogens is 290 g/mol. The van der Waals surface area contributed by atoms with Gasteiger partial charge in [-0.25, -0.2) is 14.5 Å². The first-order valence-corrected chi connectivity index (χ1v) is 6.85. The topological polar surface area (TPSA) is 57.0 Å². The fraction of sp³-hybridized carbons (Fsp3) is 0.133. The lowest BCUT2D eigenvalue weighted by molar-refractivity contribution is 0.0526. The van der Waals surface area contributed by atoms with Gasteiger partial charge in [-0.1, -0.05) is 35.9 Å². The largest absolute Gasteiger partial charge is 0.462 e. The van der Waals surface area contributed by atoms with E-state index in [1.54, 1.807) is 13.1 Å². The molecule has 0 aliphatic rings. The summed E-state index contributed by atoms with van der Waals surface area (Å²) in [5, 5.41) is 6.28. The molecule has 0 saturated carbocycles. The summed E-state index contributed by atoms with van der Waals surface area (Å²) in [4.78, 5) is 16.1. The number of benzene rings is 1. The highest BCUT2D eigenvalue weighted by molar-refractivity contribution is 6.32. The van der Waals surface area contributed by atoms with Crippen molar-refractivity contribution in [1.29, 1.82) is 0 Å². The van der Waals surface area contributed by atoms with E-state index >= 15 is 0 Å².